The molecular formula is C8H11N3O2S2. The summed E-state index contributed by atoms with van der Waals surface area (Å²) in [6.45, 7) is 1.93. The third-order valence-corrected chi connectivity index (χ3v) is 4.03. The first kappa shape index (κ1) is 11.9. The van der Waals surface area contributed by atoms with Gasteiger partial charge in [0.25, 0.3) is 11.8 Å². The van der Waals surface area contributed by atoms with Gasteiger partial charge in [-0.2, -0.15) is 0 Å². The van der Waals surface area contributed by atoms with E-state index in [4.69, 9.17) is 17.2 Å². The number of carbonyl (C=O) groups excluding carboxylic acids is 2. The molecule has 0 aliphatic heterocycles. The van der Waals surface area contributed by atoms with Crippen LogP contribution in [0, 0.1) is 0 Å². The van der Waals surface area contributed by atoms with Crippen molar-refractivity contribution in [2.75, 3.05) is 11.5 Å². The van der Waals surface area contributed by atoms with Crippen LogP contribution in [0.4, 0.5) is 5.69 Å². The molecule has 1 heterocycles. The molecule has 0 atom stereocenters. The SMILES string of the molecule is CCSc1sc(C(N)=O)c(N)c1C(N)=O. The van der Waals surface area contributed by atoms with Gasteiger partial charge in [0.1, 0.15) is 4.88 Å². The monoisotopic (exact) mass is 245 g/mol. The lowest BCUT2D eigenvalue weighted by molar-refractivity contribution is 0.0997. The minimum Gasteiger partial charge on any atom is -0.397 e. The largest absolute Gasteiger partial charge is 0.397 e. The minimum absolute atomic E-state index is 0.0935. The number of thioether (sulfide) groups is 1. The molecule has 0 aliphatic carbocycles. The fourth-order valence-corrected chi connectivity index (χ4v) is 3.34. The summed E-state index contributed by atoms with van der Waals surface area (Å²) in [5.74, 6) is -0.506. The molecule has 7 heteroatoms. The summed E-state index contributed by atoms with van der Waals surface area (Å²) in [5.41, 5.74) is 16.2. The Balaban J connectivity index is 3.32. The number of carbonyl (C=O) groups is 2. The molecule has 0 spiro atoms. The normalized spacial score (nSPS) is 10.2. The highest BCUT2D eigenvalue weighted by Crippen LogP contribution is 2.37. The number of hydrogen-bond acceptors (Lipinski definition) is 5. The van der Waals surface area contributed by atoms with Crippen LogP contribution in [-0.4, -0.2) is 17.6 Å². The van der Waals surface area contributed by atoms with Crippen LogP contribution in [-0.2, 0) is 0 Å². The summed E-state index contributed by atoms with van der Waals surface area (Å²) in [4.78, 5) is 22.3. The first-order chi connectivity index (χ1) is 6.99. The van der Waals surface area contributed by atoms with Gasteiger partial charge in [-0.15, -0.1) is 23.1 Å². The molecule has 1 aromatic heterocycles. The van der Waals surface area contributed by atoms with Crippen LogP contribution in [0.2, 0.25) is 0 Å². The van der Waals surface area contributed by atoms with Crippen LogP contribution in [0.5, 0.6) is 0 Å². The van der Waals surface area contributed by atoms with E-state index in [9.17, 15) is 9.59 Å². The Kier molecular flexibility index (Phi) is 3.59. The Hall–Kier alpha value is -1.21. The Labute approximate surface area is 95.0 Å². The van der Waals surface area contributed by atoms with Gasteiger partial charge >= 0.3 is 0 Å². The van der Waals surface area contributed by atoms with Crippen LogP contribution in [0.3, 0.4) is 0 Å². The second-order valence-corrected chi connectivity index (χ2v) is 5.22. The van der Waals surface area contributed by atoms with Crippen molar-refractivity contribution < 1.29 is 9.59 Å². The van der Waals surface area contributed by atoms with E-state index in [2.05, 4.69) is 0 Å². The first-order valence-corrected chi connectivity index (χ1v) is 5.93. The van der Waals surface area contributed by atoms with Gasteiger partial charge in [-0.3, -0.25) is 9.59 Å². The number of hydrogen-bond donors (Lipinski definition) is 3. The molecule has 5 nitrogen and oxygen atoms in total. The second kappa shape index (κ2) is 4.54. The molecule has 2 amide bonds. The topological polar surface area (TPSA) is 112 Å². The number of nitrogens with two attached hydrogens (primary N) is 3. The summed E-state index contributed by atoms with van der Waals surface area (Å²) in [6, 6.07) is 0. The van der Waals surface area contributed by atoms with E-state index in [-0.39, 0.29) is 16.1 Å². The Morgan fingerprint density at radius 1 is 1.33 bits per heavy atom. The zero-order chi connectivity index (χ0) is 11.6. The highest BCUT2D eigenvalue weighted by Gasteiger charge is 2.22. The molecule has 0 saturated carbocycles. The number of thiophene rings is 1. The molecule has 0 unspecified atom stereocenters. The van der Waals surface area contributed by atoms with Crippen molar-refractivity contribution in [3.05, 3.63) is 10.4 Å². The van der Waals surface area contributed by atoms with Crippen molar-refractivity contribution in [1.82, 2.24) is 0 Å². The van der Waals surface area contributed by atoms with Crippen molar-refractivity contribution in [1.29, 1.82) is 0 Å². The van der Waals surface area contributed by atoms with Gasteiger partial charge in [0.15, 0.2) is 0 Å². The van der Waals surface area contributed by atoms with E-state index in [1.54, 1.807) is 0 Å². The van der Waals surface area contributed by atoms with E-state index >= 15 is 0 Å². The maximum absolute atomic E-state index is 11.1. The lowest BCUT2D eigenvalue weighted by Gasteiger charge is -1.98. The van der Waals surface area contributed by atoms with Crippen molar-refractivity contribution in [2.45, 2.75) is 11.1 Å². The lowest BCUT2D eigenvalue weighted by atomic mass is 10.2. The number of rotatable bonds is 4. The third-order valence-electron chi connectivity index (χ3n) is 1.66. The zero-order valence-corrected chi connectivity index (χ0v) is 9.71. The molecule has 0 radical (unpaired) electrons. The van der Waals surface area contributed by atoms with Gasteiger partial charge in [0.05, 0.1) is 15.5 Å². The van der Waals surface area contributed by atoms with Crippen molar-refractivity contribution in [3.8, 4) is 0 Å². The maximum atomic E-state index is 11.1. The Bertz CT molecular complexity index is 414. The summed E-state index contributed by atoms with van der Waals surface area (Å²) >= 11 is 2.52. The number of nitrogen functional groups attached to an aromatic ring is 1. The molecule has 1 rings (SSSR count). The maximum Gasteiger partial charge on any atom is 0.260 e. The van der Waals surface area contributed by atoms with Gasteiger partial charge in [-0.25, -0.2) is 0 Å². The van der Waals surface area contributed by atoms with E-state index in [0.717, 1.165) is 17.1 Å². The third kappa shape index (κ3) is 2.24. The van der Waals surface area contributed by atoms with E-state index in [1.165, 1.54) is 11.8 Å². The Morgan fingerprint density at radius 3 is 2.33 bits per heavy atom. The van der Waals surface area contributed by atoms with Crippen LogP contribution < -0.4 is 17.2 Å². The Morgan fingerprint density at radius 2 is 1.93 bits per heavy atom. The van der Waals surface area contributed by atoms with Gasteiger partial charge in [0, 0.05) is 0 Å². The number of primary amides is 2. The fraction of sp³-hybridized carbons (Fsp3) is 0.250. The molecule has 15 heavy (non-hydrogen) atoms. The van der Waals surface area contributed by atoms with Gasteiger partial charge < -0.3 is 17.2 Å². The van der Waals surface area contributed by atoms with Crippen molar-refractivity contribution in [2.24, 2.45) is 11.5 Å². The van der Waals surface area contributed by atoms with Crippen LogP contribution in [0.1, 0.15) is 27.0 Å². The summed E-state index contributed by atoms with van der Waals surface area (Å²) in [6.07, 6.45) is 0. The minimum atomic E-state index is -0.636. The molecule has 0 aromatic carbocycles. The number of anilines is 1. The average Bonchev–Trinajstić information content (AvgIpc) is 2.43. The van der Waals surface area contributed by atoms with Crippen molar-refractivity contribution >= 4 is 40.6 Å². The smallest absolute Gasteiger partial charge is 0.260 e. The van der Waals surface area contributed by atoms with Gasteiger partial charge in [-0.1, -0.05) is 6.92 Å². The summed E-state index contributed by atoms with van der Waals surface area (Å²) in [7, 11) is 0. The van der Waals surface area contributed by atoms with Crippen LogP contribution >= 0.6 is 23.1 Å². The van der Waals surface area contributed by atoms with E-state index in [0.29, 0.717) is 4.21 Å². The zero-order valence-electron chi connectivity index (χ0n) is 8.07. The highest BCUT2D eigenvalue weighted by atomic mass is 32.2. The number of amides is 2. The summed E-state index contributed by atoms with van der Waals surface area (Å²) in [5, 5.41) is 0. The summed E-state index contributed by atoms with van der Waals surface area (Å²) < 4.78 is 0.649. The highest BCUT2D eigenvalue weighted by molar-refractivity contribution is 8.01. The molecule has 0 saturated heterocycles. The molecule has 0 bridgehead atoms. The van der Waals surface area contributed by atoms with Gasteiger partial charge in [-0.05, 0) is 5.75 Å². The quantitative estimate of drug-likeness (QED) is 0.675. The van der Waals surface area contributed by atoms with E-state index < -0.39 is 11.8 Å². The first-order valence-electron chi connectivity index (χ1n) is 4.13. The molecule has 0 fully saturated rings. The predicted molar refractivity (Wildman–Crippen MR) is 62.2 cm³/mol. The molecular weight excluding hydrogens is 234 g/mol. The standard InChI is InChI=1S/C8H11N3O2S2/c1-2-14-8-3(6(10)12)4(9)5(15-8)7(11)13/h2,9H2,1H3,(H2,10,12)(H2,11,13). The van der Waals surface area contributed by atoms with Crippen LogP contribution in [0.15, 0.2) is 4.21 Å². The second-order valence-electron chi connectivity index (χ2n) is 2.67. The average molecular weight is 245 g/mol. The molecule has 6 N–H and O–H groups in total. The van der Waals surface area contributed by atoms with Gasteiger partial charge in [0.2, 0.25) is 0 Å². The molecule has 82 valence electrons. The fourth-order valence-electron chi connectivity index (χ4n) is 1.07. The lowest BCUT2D eigenvalue weighted by Crippen LogP contribution is -2.15. The van der Waals surface area contributed by atoms with Crippen LogP contribution in [0.25, 0.3) is 0 Å². The van der Waals surface area contributed by atoms with Crippen molar-refractivity contribution in [3.63, 3.8) is 0 Å². The molecule has 0 aliphatic rings. The van der Waals surface area contributed by atoms with E-state index in [1.807, 2.05) is 6.92 Å². The predicted octanol–water partition coefficient (Wildman–Crippen LogP) is 0.640. The molecule has 1 aromatic rings.